The molecule has 1 heterocycles. The second-order valence-electron chi connectivity index (χ2n) is 8.49. The number of nitrogens with one attached hydrogen (secondary N) is 1. The molecule has 7 heteroatoms. The van der Waals surface area contributed by atoms with E-state index in [1.807, 2.05) is 38.1 Å². The molecule has 2 aromatic rings. The van der Waals surface area contributed by atoms with Crippen LogP contribution in [-0.2, 0) is 27.9 Å². The van der Waals surface area contributed by atoms with E-state index in [-0.39, 0.29) is 12.5 Å². The van der Waals surface area contributed by atoms with Crippen LogP contribution in [0.2, 0.25) is 0 Å². The Morgan fingerprint density at radius 3 is 2.45 bits per heavy atom. The highest BCUT2D eigenvalue weighted by atomic mass is 32.2. The van der Waals surface area contributed by atoms with Crippen LogP contribution < -0.4 is 9.62 Å². The molecule has 1 aliphatic rings. The smallest absolute Gasteiger partial charge is 0.241 e. The number of benzene rings is 2. The molecule has 3 rings (SSSR count). The first-order valence-electron chi connectivity index (χ1n) is 10.8. The van der Waals surface area contributed by atoms with Crippen LogP contribution >= 0.6 is 0 Å². The van der Waals surface area contributed by atoms with Crippen molar-refractivity contribution < 1.29 is 13.2 Å². The van der Waals surface area contributed by atoms with Crippen molar-refractivity contribution >= 4 is 21.6 Å². The number of hydrogen-bond acceptors (Lipinski definition) is 4. The Morgan fingerprint density at radius 1 is 1.03 bits per heavy atom. The molecule has 1 N–H and O–H groups in total. The number of piperidine rings is 1. The van der Waals surface area contributed by atoms with Gasteiger partial charge < -0.3 is 5.32 Å². The third-order valence-corrected chi connectivity index (χ3v) is 6.78. The number of sulfonamides is 1. The van der Waals surface area contributed by atoms with Crippen molar-refractivity contribution in [2.45, 2.75) is 46.2 Å². The van der Waals surface area contributed by atoms with Gasteiger partial charge in [-0.25, -0.2) is 8.42 Å². The molecule has 1 amide bonds. The maximum atomic E-state index is 12.6. The second kappa shape index (κ2) is 10.3. The molecule has 0 unspecified atom stereocenters. The fraction of sp³-hybridized carbons (Fsp3) is 0.458. The SMILES string of the molecule is Cc1ccc(C)c(N(CC(=O)NCc2cccc(CN3CCCCC3)c2)S(C)(=O)=O)c1. The summed E-state index contributed by atoms with van der Waals surface area (Å²) < 4.78 is 25.9. The van der Waals surface area contributed by atoms with E-state index < -0.39 is 10.0 Å². The lowest BCUT2D eigenvalue weighted by atomic mass is 10.1. The van der Waals surface area contributed by atoms with Crippen LogP contribution in [0.15, 0.2) is 42.5 Å². The van der Waals surface area contributed by atoms with Gasteiger partial charge in [0.15, 0.2) is 0 Å². The number of rotatable bonds is 8. The lowest BCUT2D eigenvalue weighted by molar-refractivity contribution is -0.119. The van der Waals surface area contributed by atoms with Gasteiger partial charge in [-0.05, 0) is 68.1 Å². The summed E-state index contributed by atoms with van der Waals surface area (Å²) >= 11 is 0. The molecule has 0 aromatic heterocycles. The summed E-state index contributed by atoms with van der Waals surface area (Å²) in [4.78, 5) is 15.1. The standard InChI is InChI=1S/C24H33N3O3S/c1-19-10-11-20(2)23(14-19)27(31(3,29)30)18-24(28)25-16-21-8-7-9-22(15-21)17-26-12-5-4-6-13-26/h7-11,14-15H,4-6,12-13,16-18H2,1-3H3,(H,25,28). The Labute approximate surface area is 186 Å². The van der Waals surface area contributed by atoms with Gasteiger partial charge in [-0.15, -0.1) is 0 Å². The molecule has 1 saturated heterocycles. The van der Waals surface area contributed by atoms with Crippen molar-refractivity contribution in [3.8, 4) is 0 Å². The van der Waals surface area contributed by atoms with Crippen LogP contribution in [-0.4, -0.2) is 45.1 Å². The zero-order valence-electron chi connectivity index (χ0n) is 18.7. The van der Waals surface area contributed by atoms with Crippen molar-refractivity contribution in [3.63, 3.8) is 0 Å². The lowest BCUT2D eigenvalue weighted by Crippen LogP contribution is -2.40. The average Bonchev–Trinajstić information content (AvgIpc) is 2.73. The fourth-order valence-electron chi connectivity index (χ4n) is 3.97. The third-order valence-electron chi connectivity index (χ3n) is 5.66. The van der Waals surface area contributed by atoms with E-state index in [2.05, 4.69) is 22.3 Å². The van der Waals surface area contributed by atoms with Gasteiger partial charge >= 0.3 is 0 Å². The number of amides is 1. The van der Waals surface area contributed by atoms with E-state index in [0.717, 1.165) is 42.6 Å². The van der Waals surface area contributed by atoms with Gasteiger partial charge in [0, 0.05) is 13.1 Å². The van der Waals surface area contributed by atoms with Gasteiger partial charge in [0.25, 0.3) is 0 Å². The molecule has 1 fully saturated rings. The van der Waals surface area contributed by atoms with E-state index in [9.17, 15) is 13.2 Å². The summed E-state index contributed by atoms with van der Waals surface area (Å²) in [6.45, 7) is 7.09. The number of hydrogen-bond donors (Lipinski definition) is 1. The number of carbonyl (C=O) groups is 1. The van der Waals surface area contributed by atoms with Crippen LogP contribution in [0.4, 0.5) is 5.69 Å². The molecule has 168 valence electrons. The van der Waals surface area contributed by atoms with Crippen LogP contribution in [0, 0.1) is 13.8 Å². The number of carbonyl (C=O) groups excluding carboxylic acids is 1. The number of nitrogens with zero attached hydrogens (tertiary/aromatic N) is 2. The summed E-state index contributed by atoms with van der Waals surface area (Å²) in [6, 6.07) is 13.8. The third kappa shape index (κ3) is 6.80. The van der Waals surface area contributed by atoms with Crippen LogP contribution in [0.5, 0.6) is 0 Å². The number of likely N-dealkylation sites (tertiary alicyclic amines) is 1. The van der Waals surface area contributed by atoms with Crippen molar-refractivity contribution in [2.24, 2.45) is 0 Å². The van der Waals surface area contributed by atoms with Crippen molar-refractivity contribution in [3.05, 3.63) is 64.7 Å². The molecule has 1 aliphatic heterocycles. The van der Waals surface area contributed by atoms with E-state index in [4.69, 9.17) is 0 Å². The molecule has 0 bridgehead atoms. The summed E-state index contributed by atoms with van der Waals surface area (Å²) in [5.74, 6) is -0.326. The highest BCUT2D eigenvalue weighted by Gasteiger charge is 2.22. The summed E-state index contributed by atoms with van der Waals surface area (Å²) in [7, 11) is -3.59. The highest BCUT2D eigenvalue weighted by Crippen LogP contribution is 2.23. The number of aryl methyl sites for hydroxylation is 2. The summed E-state index contributed by atoms with van der Waals surface area (Å²) in [5, 5.41) is 2.88. The largest absolute Gasteiger partial charge is 0.350 e. The number of anilines is 1. The molecule has 2 aromatic carbocycles. The lowest BCUT2D eigenvalue weighted by Gasteiger charge is -2.26. The molecule has 0 radical (unpaired) electrons. The normalized spacial score (nSPS) is 14.9. The predicted molar refractivity (Wildman–Crippen MR) is 126 cm³/mol. The van der Waals surface area contributed by atoms with Crippen LogP contribution in [0.1, 0.15) is 41.5 Å². The Hall–Kier alpha value is -2.38. The van der Waals surface area contributed by atoms with Gasteiger partial charge in [-0.3, -0.25) is 14.0 Å². The zero-order chi connectivity index (χ0) is 22.4. The second-order valence-corrected chi connectivity index (χ2v) is 10.4. The van der Waals surface area contributed by atoms with Gasteiger partial charge in [0.05, 0.1) is 11.9 Å². The fourth-order valence-corrected chi connectivity index (χ4v) is 4.88. The Balaban J connectivity index is 1.63. The minimum Gasteiger partial charge on any atom is -0.350 e. The van der Waals surface area contributed by atoms with Gasteiger partial charge in [0.1, 0.15) is 6.54 Å². The molecule has 0 atom stereocenters. The predicted octanol–water partition coefficient (Wildman–Crippen LogP) is 3.37. The van der Waals surface area contributed by atoms with Crippen molar-refractivity contribution in [1.29, 1.82) is 0 Å². The van der Waals surface area contributed by atoms with Crippen LogP contribution in [0.3, 0.4) is 0 Å². The summed E-state index contributed by atoms with van der Waals surface area (Å²) in [6.07, 6.45) is 4.96. The highest BCUT2D eigenvalue weighted by molar-refractivity contribution is 7.92. The zero-order valence-corrected chi connectivity index (χ0v) is 19.5. The first kappa shape index (κ1) is 23.3. The minimum atomic E-state index is -3.59. The molecule has 31 heavy (non-hydrogen) atoms. The first-order chi connectivity index (χ1) is 14.7. The molecule has 0 spiro atoms. The van der Waals surface area contributed by atoms with E-state index >= 15 is 0 Å². The van der Waals surface area contributed by atoms with E-state index in [1.165, 1.54) is 29.1 Å². The Bertz CT molecular complexity index is 1010. The maximum absolute atomic E-state index is 12.6. The van der Waals surface area contributed by atoms with Gasteiger partial charge in [-0.2, -0.15) is 0 Å². The minimum absolute atomic E-state index is 0.239. The quantitative estimate of drug-likeness (QED) is 0.679. The van der Waals surface area contributed by atoms with Crippen LogP contribution in [0.25, 0.3) is 0 Å². The molecule has 0 aliphatic carbocycles. The Kier molecular flexibility index (Phi) is 7.73. The molecule has 0 saturated carbocycles. The Morgan fingerprint density at radius 2 is 1.74 bits per heavy atom. The monoisotopic (exact) mass is 443 g/mol. The van der Waals surface area contributed by atoms with E-state index in [1.54, 1.807) is 6.07 Å². The van der Waals surface area contributed by atoms with Crippen molar-refractivity contribution in [2.75, 3.05) is 30.2 Å². The molecule has 6 nitrogen and oxygen atoms in total. The topological polar surface area (TPSA) is 69.7 Å². The van der Waals surface area contributed by atoms with Gasteiger partial charge in [-0.1, -0.05) is 42.8 Å². The van der Waals surface area contributed by atoms with Crippen molar-refractivity contribution in [1.82, 2.24) is 10.2 Å². The van der Waals surface area contributed by atoms with Gasteiger partial charge in [0.2, 0.25) is 15.9 Å². The summed E-state index contributed by atoms with van der Waals surface area (Å²) in [5.41, 5.74) is 4.55. The first-order valence-corrected chi connectivity index (χ1v) is 12.7. The maximum Gasteiger partial charge on any atom is 0.241 e. The molecular formula is C24H33N3O3S. The average molecular weight is 444 g/mol. The molecular weight excluding hydrogens is 410 g/mol. The van der Waals surface area contributed by atoms with E-state index in [0.29, 0.717) is 12.2 Å².